The fraction of sp³-hybridized carbons (Fsp3) is 0.464. The molecule has 10 nitrogen and oxygen atoms in total. The minimum absolute atomic E-state index is 0.0329. The number of hydrogen-bond acceptors (Lipinski definition) is 9. The lowest BCUT2D eigenvalue weighted by molar-refractivity contribution is 0.0954. The Balaban J connectivity index is 1.22. The topological polar surface area (TPSA) is 113 Å². The fourth-order valence-electron chi connectivity index (χ4n) is 4.87. The lowest BCUT2D eigenvalue weighted by Gasteiger charge is -2.31. The molecule has 0 saturated carbocycles. The van der Waals surface area contributed by atoms with Crippen LogP contribution >= 0.6 is 11.3 Å². The van der Waals surface area contributed by atoms with E-state index in [-0.39, 0.29) is 17.9 Å². The third kappa shape index (κ3) is 7.11. The SMILES string of the molecule is CCCNC(=O)c1cc(CN2CC[C@@H](F)C2)ccc1NC(=O)c1csc(N2CCC(Oc3ncccn3)CC2)n1. The highest BCUT2D eigenvalue weighted by atomic mass is 32.1. The molecule has 2 fully saturated rings. The largest absolute Gasteiger partial charge is 0.460 e. The molecule has 12 heteroatoms. The van der Waals surface area contributed by atoms with Crippen molar-refractivity contribution >= 4 is 34.0 Å². The number of aromatic nitrogens is 3. The number of carbonyl (C=O) groups is 2. The Kier molecular flexibility index (Phi) is 9.17. The van der Waals surface area contributed by atoms with Gasteiger partial charge in [-0.2, -0.15) is 0 Å². The van der Waals surface area contributed by atoms with Crippen LogP contribution in [0.15, 0.2) is 42.0 Å². The second kappa shape index (κ2) is 13.1. The van der Waals surface area contributed by atoms with Crippen LogP contribution in [0.25, 0.3) is 0 Å². The van der Waals surface area contributed by atoms with Gasteiger partial charge in [0.1, 0.15) is 18.0 Å². The van der Waals surface area contributed by atoms with Gasteiger partial charge < -0.3 is 20.3 Å². The van der Waals surface area contributed by atoms with E-state index in [9.17, 15) is 14.0 Å². The summed E-state index contributed by atoms with van der Waals surface area (Å²) >= 11 is 1.42. The van der Waals surface area contributed by atoms with Gasteiger partial charge in [-0.25, -0.2) is 19.3 Å². The van der Waals surface area contributed by atoms with Crippen LogP contribution in [0, 0.1) is 0 Å². The maximum absolute atomic E-state index is 13.6. The molecule has 1 atom stereocenters. The zero-order valence-corrected chi connectivity index (χ0v) is 23.3. The minimum atomic E-state index is -0.808. The normalized spacial score (nSPS) is 18.1. The molecular formula is C28H34FN7O3S. The summed E-state index contributed by atoms with van der Waals surface area (Å²) in [5.41, 5.74) is 2.00. The molecule has 2 N–H and O–H groups in total. The number of carbonyl (C=O) groups excluding carboxylic acids is 2. The molecular weight excluding hydrogens is 533 g/mol. The lowest BCUT2D eigenvalue weighted by atomic mass is 10.1. The second-order valence-electron chi connectivity index (χ2n) is 10.1. The molecule has 2 saturated heterocycles. The Bertz CT molecular complexity index is 1300. The van der Waals surface area contributed by atoms with E-state index in [1.807, 2.05) is 17.9 Å². The summed E-state index contributed by atoms with van der Waals surface area (Å²) in [4.78, 5) is 43.1. The molecule has 2 aliphatic rings. The molecule has 0 bridgehead atoms. The number of amides is 2. The highest BCUT2D eigenvalue weighted by Gasteiger charge is 2.25. The summed E-state index contributed by atoms with van der Waals surface area (Å²) in [6.45, 7) is 5.64. The van der Waals surface area contributed by atoms with Crippen LogP contribution in [0.2, 0.25) is 0 Å². The van der Waals surface area contributed by atoms with E-state index >= 15 is 0 Å². The number of hydrogen-bond donors (Lipinski definition) is 2. The smallest absolute Gasteiger partial charge is 0.316 e. The van der Waals surface area contributed by atoms with Crippen molar-refractivity contribution in [2.24, 2.45) is 0 Å². The first-order valence-electron chi connectivity index (χ1n) is 13.7. The van der Waals surface area contributed by atoms with Gasteiger partial charge in [-0.1, -0.05) is 13.0 Å². The van der Waals surface area contributed by atoms with Gasteiger partial charge in [-0.3, -0.25) is 14.5 Å². The van der Waals surface area contributed by atoms with Crippen molar-refractivity contribution in [2.45, 2.75) is 51.4 Å². The maximum Gasteiger partial charge on any atom is 0.316 e. The van der Waals surface area contributed by atoms with E-state index in [0.29, 0.717) is 55.6 Å². The summed E-state index contributed by atoms with van der Waals surface area (Å²) < 4.78 is 19.5. The number of thiazole rings is 1. The molecule has 0 radical (unpaired) electrons. The van der Waals surface area contributed by atoms with Crippen LogP contribution in [-0.2, 0) is 6.54 Å². The summed E-state index contributed by atoms with van der Waals surface area (Å²) in [5, 5.41) is 8.28. The molecule has 5 rings (SSSR count). The number of alkyl halides is 1. The molecule has 2 aromatic heterocycles. The van der Waals surface area contributed by atoms with Crippen LogP contribution in [0.3, 0.4) is 0 Å². The molecule has 40 heavy (non-hydrogen) atoms. The van der Waals surface area contributed by atoms with Crippen molar-refractivity contribution in [2.75, 3.05) is 42.9 Å². The summed E-state index contributed by atoms with van der Waals surface area (Å²) in [6.07, 6.45) is 5.46. The highest BCUT2D eigenvalue weighted by Crippen LogP contribution is 2.27. The maximum atomic E-state index is 13.6. The van der Waals surface area contributed by atoms with Crippen LogP contribution in [0.4, 0.5) is 15.2 Å². The summed E-state index contributed by atoms with van der Waals surface area (Å²) in [6, 6.07) is 7.53. The quantitative estimate of drug-likeness (QED) is 0.379. The van der Waals surface area contributed by atoms with Gasteiger partial charge in [-0.15, -0.1) is 11.3 Å². The van der Waals surface area contributed by atoms with Crippen molar-refractivity contribution < 1.29 is 18.7 Å². The number of ether oxygens (including phenoxy) is 1. The molecule has 212 valence electrons. The summed E-state index contributed by atoms with van der Waals surface area (Å²) in [5.74, 6) is -0.632. The second-order valence-corrected chi connectivity index (χ2v) is 10.9. The highest BCUT2D eigenvalue weighted by molar-refractivity contribution is 7.14. The van der Waals surface area contributed by atoms with E-state index in [2.05, 4.69) is 30.5 Å². The number of nitrogens with one attached hydrogen (secondary N) is 2. The van der Waals surface area contributed by atoms with Gasteiger partial charge in [0.15, 0.2) is 5.13 Å². The van der Waals surface area contributed by atoms with E-state index in [0.717, 1.165) is 43.0 Å². The number of rotatable bonds is 10. The van der Waals surface area contributed by atoms with Crippen LogP contribution in [0.1, 0.15) is 59.0 Å². The number of likely N-dealkylation sites (tertiary alicyclic amines) is 1. The predicted molar refractivity (Wildman–Crippen MR) is 152 cm³/mol. The molecule has 4 heterocycles. The monoisotopic (exact) mass is 567 g/mol. The number of halogens is 1. The number of benzene rings is 1. The van der Waals surface area contributed by atoms with Crippen molar-refractivity contribution in [3.63, 3.8) is 0 Å². The molecule has 0 spiro atoms. The Morgan fingerprint density at radius 2 is 1.93 bits per heavy atom. The first-order chi connectivity index (χ1) is 19.5. The van der Waals surface area contributed by atoms with E-state index in [1.165, 1.54) is 11.3 Å². The Labute approximate surface area is 237 Å². The lowest BCUT2D eigenvalue weighted by Crippen LogP contribution is -2.38. The summed E-state index contributed by atoms with van der Waals surface area (Å²) in [7, 11) is 0. The van der Waals surface area contributed by atoms with E-state index in [4.69, 9.17) is 4.74 Å². The first-order valence-corrected chi connectivity index (χ1v) is 14.6. The first kappa shape index (κ1) is 27.9. The van der Waals surface area contributed by atoms with Crippen LogP contribution < -0.4 is 20.3 Å². The molecule has 0 aliphatic carbocycles. The Morgan fingerprint density at radius 3 is 2.65 bits per heavy atom. The average molecular weight is 568 g/mol. The van der Waals surface area contributed by atoms with Crippen molar-refractivity contribution in [3.05, 3.63) is 58.9 Å². The van der Waals surface area contributed by atoms with Gasteiger partial charge in [0, 0.05) is 69.9 Å². The third-order valence-electron chi connectivity index (χ3n) is 6.98. The van der Waals surface area contributed by atoms with Crippen LogP contribution in [0.5, 0.6) is 6.01 Å². The van der Waals surface area contributed by atoms with E-state index in [1.54, 1.807) is 36.0 Å². The zero-order valence-electron chi connectivity index (χ0n) is 22.5. The third-order valence-corrected chi connectivity index (χ3v) is 7.89. The molecule has 1 aromatic carbocycles. The van der Waals surface area contributed by atoms with E-state index < -0.39 is 6.17 Å². The minimum Gasteiger partial charge on any atom is -0.460 e. The van der Waals surface area contributed by atoms with Gasteiger partial charge in [0.2, 0.25) is 0 Å². The Morgan fingerprint density at radius 1 is 1.12 bits per heavy atom. The number of nitrogens with zero attached hydrogens (tertiary/aromatic N) is 5. The Hall–Kier alpha value is -3.64. The molecule has 2 amide bonds. The van der Waals surface area contributed by atoms with Gasteiger partial charge in [0.25, 0.3) is 11.8 Å². The van der Waals surface area contributed by atoms with Crippen molar-refractivity contribution in [3.8, 4) is 6.01 Å². The van der Waals surface area contributed by atoms with Gasteiger partial charge in [-0.05, 0) is 36.6 Å². The number of anilines is 2. The van der Waals surface area contributed by atoms with Crippen LogP contribution in [-0.4, -0.2) is 76.7 Å². The van der Waals surface area contributed by atoms with Gasteiger partial charge in [0.05, 0.1) is 11.3 Å². The van der Waals surface area contributed by atoms with Gasteiger partial charge >= 0.3 is 6.01 Å². The van der Waals surface area contributed by atoms with Crippen molar-refractivity contribution in [1.82, 2.24) is 25.2 Å². The standard InChI is InChI=1S/C28H34FN7O3S/c1-2-9-30-25(37)22-15-19(16-35-12-6-20(29)17-35)4-5-23(22)33-26(38)24-18-40-28(34-24)36-13-7-21(8-14-36)39-27-31-10-3-11-32-27/h3-5,10-11,15,18,20-21H,2,6-9,12-14,16-17H2,1H3,(H,30,37)(H,33,38)/t20-/m1/s1. The number of piperidine rings is 1. The zero-order chi connectivity index (χ0) is 27.9. The fourth-order valence-corrected chi connectivity index (χ4v) is 5.73. The van der Waals surface area contributed by atoms with Crippen molar-refractivity contribution in [1.29, 1.82) is 0 Å². The average Bonchev–Trinajstić information content (AvgIpc) is 3.63. The molecule has 0 unspecified atom stereocenters. The molecule has 2 aliphatic heterocycles. The predicted octanol–water partition coefficient (Wildman–Crippen LogP) is 3.92. The molecule has 3 aromatic rings.